The predicted octanol–water partition coefficient (Wildman–Crippen LogP) is 2.04. The van der Waals surface area contributed by atoms with Crippen molar-refractivity contribution in [1.29, 1.82) is 0 Å². The highest BCUT2D eigenvalue weighted by Gasteiger charge is 2.41. The molecule has 0 aromatic heterocycles. The Morgan fingerprint density at radius 2 is 1.85 bits per heavy atom. The van der Waals surface area contributed by atoms with Crippen molar-refractivity contribution in [2.45, 2.75) is 53.0 Å². The maximum absolute atomic E-state index is 12.2. The van der Waals surface area contributed by atoms with Crippen LogP contribution in [0.25, 0.3) is 0 Å². The molecule has 2 fully saturated rings. The molecule has 1 aliphatic carbocycles. The predicted molar refractivity (Wildman–Crippen MR) is 79.0 cm³/mol. The summed E-state index contributed by atoms with van der Waals surface area (Å²) in [5, 5.41) is 3.07. The molecular formula is C16H28N2O2. The first-order valence-electron chi connectivity index (χ1n) is 7.97. The number of hydrogen-bond acceptors (Lipinski definition) is 2. The number of rotatable bonds is 6. The van der Waals surface area contributed by atoms with E-state index in [9.17, 15) is 9.59 Å². The van der Waals surface area contributed by atoms with E-state index in [-0.39, 0.29) is 17.7 Å². The minimum atomic E-state index is -0.136. The Kier molecular flexibility index (Phi) is 4.71. The third kappa shape index (κ3) is 3.53. The van der Waals surface area contributed by atoms with E-state index in [2.05, 4.69) is 33.0 Å². The van der Waals surface area contributed by atoms with Gasteiger partial charge in [-0.1, -0.05) is 27.7 Å². The van der Waals surface area contributed by atoms with Crippen molar-refractivity contribution in [2.75, 3.05) is 13.1 Å². The van der Waals surface area contributed by atoms with Crippen LogP contribution in [0, 0.1) is 23.7 Å². The molecule has 0 bridgehead atoms. The molecule has 1 atom stereocenters. The second-order valence-corrected chi connectivity index (χ2v) is 7.08. The van der Waals surface area contributed by atoms with Crippen LogP contribution in [0.2, 0.25) is 0 Å². The van der Waals surface area contributed by atoms with Crippen LogP contribution in [0.5, 0.6) is 0 Å². The Morgan fingerprint density at radius 3 is 2.35 bits per heavy atom. The second-order valence-electron chi connectivity index (χ2n) is 7.08. The van der Waals surface area contributed by atoms with E-state index in [0.29, 0.717) is 36.8 Å². The largest absolute Gasteiger partial charge is 0.355 e. The Balaban J connectivity index is 1.81. The van der Waals surface area contributed by atoms with Gasteiger partial charge < -0.3 is 10.2 Å². The summed E-state index contributed by atoms with van der Waals surface area (Å²) in [5.41, 5.74) is 0. The third-order valence-corrected chi connectivity index (χ3v) is 4.74. The summed E-state index contributed by atoms with van der Waals surface area (Å²) < 4.78 is 0. The number of nitrogens with one attached hydrogen (secondary N) is 1. The molecule has 20 heavy (non-hydrogen) atoms. The lowest BCUT2D eigenvalue weighted by atomic mass is 9.85. The minimum absolute atomic E-state index is 0.0628. The van der Waals surface area contributed by atoms with E-state index in [1.54, 1.807) is 0 Å². The van der Waals surface area contributed by atoms with Crippen LogP contribution in [-0.4, -0.2) is 35.8 Å². The highest BCUT2D eigenvalue weighted by molar-refractivity contribution is 5.89. The van der Waals surface area contributed by atoms with Crippen LogP contribution in [0.3, 0.4) is 0 Å². The maximum atomic E-state index is 12.2. The van der Waals surface area contributed by atoms with Gasteiger partial charge in [-0.15, -0.1) is 0 Å². The van der Waals surface area contributed by atoms with Crippen molar-refractivity contribution in [2.24, 2.45) is 23.7 Å². The van der Waals surface area contributed by atoms with Crippen molar-refractivity contribution in [1.82, 2.24) is 10.2 Å². The average molecular weight is 280 g/mol. The lowest BCUT2D eigenvalue weighted by Gasteiger charge is -2.25. The van der Waals surface area contributed by atoms with Crippen molar-refractivity contribution in [3.63, 3.8) is 0 Å². The first-order valence-corrected chi connectivity index (χ1v) is 7.97. The van der Waals surface area contributed by atoms with Gasteiger partial charge in [0, 0.05) is 25.6 Å². The summed E-state index contributed by atoms with van der Waals surface area (Å²) in [6, 6.07) is 0.430. The van der Waals surface area contributed by atoms with Gasteiger partial charge in [0.1, 0.15) is 0 Å². The van der Waals surface area contributed by atoms with Crippen molar-refractivity contribution in [3.8, 4) is 0 Å². The molecule has 2 aliphatic rings. The summed E-state index contributed by atoms with van der Waals surface area (Å²) >= 11 is 0. The van der Waals surface area contributed by atoms with E-state index in [1.807, 2.05) is 4.90 Å². The highest BCUT2D eigenvalue weighted by atomic mass is 16.2. The van der Waals surface area contributed by atoms with Gasteiger partial charge in [0.05, 0.1) is 5.92 Å². The lowest BCUT2D eigenvalue weighted by molar-refractivity contribution is -0.129. The molecule has 1 saturated carbocycles. The fourth-order valence-electron chi connectivity index (χ4n) is 3.25. The van der Waals surface area contributed by atoms with Crippen LogP contribution in [0.1, 0.15) is 47.0 Å². The van der Waals surface area contributed by atoms with E-state index in [4.69, 9.17) is 0 Å². The standard InChI is InChI=1S/C16H28N2O2/c1-10(2)14(11(3)4)8-17-16(20)12-7-15(19)18(9-12)13-5-6-13/h10-14H,5-9H2,1-4H3,(H,17,20). The number of carbonyl (C=O) groups is 2. The van der Waals surface area contributed by atoms with E-state index < -0.39 is 0 Å². The van der Waals surface area contributed by atoms with Gasteiger partial charge in [0.15, 0.2) is 0 Å². The number of hydrogen-bond donors (Lipinski definition) is 1. The maximum Gasteiger partial charge on any atom is 0.225 e. The zero-order valence-electron chi connectivity index (χ0n) is 13.2. The van der Waals surface area contributed by atoms with Gasteiger partial charge in [-0.05, 0) is 30.6 Å². The molecule has 1 saturated heterocycles. The number of carbonyl (C=O) groups excluding carboxylic acids is 2. The molecule has 4 nitrogen and oxygen atoms in total. The zero-order chi connectivity index (χ0) is 14.9. The van der Waals surface area contributed by atoms with E-state index in [1.165, 1.54) is 0 Å². The Bertz CT molecular complexity index is 367. The normalized spacial score (nSPS) is 23.2. The average Bonchev–Trinajstić information content (AvgIpc) is 3.11. The third-order valence-electron chi connectivity index (χ3n) is 4.74. The number of nitrogens with zero attached hydrogens (tertiary/aromatic N) is 1. The molecule has 2 amide bonds. The minimum Gasteiger partial charge on any atom is -0.355 e. The van der Waals surface area contributed by atoms with Crippen molar-refractivity contribution >= 4 is 11.8 Å². The molecule has 4 heteroatoms. The van der Waals surface area contributed by atoms with Gasteiger partial charge in [0.2, 0.25) is 11.8 Å². The van der Waals surface area contributed by atoms with Crippen LogP contribution < -0.4 is 5.32 Å². The first kappa shape index (κ1) is 15.3. The quantitative estimate of drug-likeness (QED) is 0.809. The first-order chi connectivity index (χ1) is 9.40. The molecule has 1 N–H and O–H groups in total. The molecule has 0 aromatic rings. The highest BCUT2D eigenvalue weighted by Crippen LogP contribution is 2.32. The monoisotopic (exact) mass is 280 g/mol. The lowest BCUT2D eigenvalue weighted by Crippen LogP contribution is -2.38. The fourth-order valence-corrected chi connectivity index (χ4v) is 3.25. The second kappa shape index (κ2) is 6.15. The summed E-state index contributed by atoms with van der Waals surface area (Å²) in [5.74, 6) is 1.70. The van der Waals surface area contributed by atoms with Gasteiger partial charge in [-0.2, -0.15) is 0 Å². The molecular weight excluding hydrogens is 252 g/mol. The topological polar surface area (TPSA) is 49.4 Å². The molecule has 1 heterocycles. The van der Waals surface area contributed by atoms with Gasteiger partial charge in [-0.3, -0.25) is 9.59 Å². The summed E-state index contributed by atoms with van der Waals surface area (Å²) in [6.07, 6.45) is 2.63. The van der Waals surface area contributed by atoms with Crippen molar-refractivity contribution in [3.05, 3.63) is 0 Å². The number of likely N-dealkylation sites (tertiary alicyclic amines) is 1. The SMILES string of the molecule is CC(C)C(CNC(=O)C1CC(=O)N(C2CC2)C1)C(C)C. The van der Waals surface area contributed by atoms with Gasteiger partial charge >= 0.3 is 0 Å². The Hall–Kier alpha value is -1.06. The van der Waals surface area contributed by atoms with E-state index in [0.717, 1.165) is 19.4 Å². The molecule has 0 aromatic carbocycles. The van der Waals surface area contributed by atoms with Crippen LogP contribution in [0.15, 0.2) is 0 Å². The molecule has 0 radical (unpaired) electrons. The van der Waals surface area contributed by atoms with Crippen LogP contribution in [-0.2, 0) is 9.59 Å². The van der Waals surface area contributed by atoms with Crippen molar-refractivity contribution < 1.29 is 9.59 Å². The summed E-state index contributed by atoms with van der Waals surface area (Å²) in [4.78, 5) is 26.0. The number of amides is 2. The fraction of sp³-hybridized carbons (Fsp3) is 0.875. The van der Waals surface area contributed by atoms with Gasteiger partial charge in [-0.25, -0.2) is 0 Å². The Labute approximate surface area is 122 Å². The molecule has 1 unspecified atom stereocenters. The van der Waals surface area contributed by atoms with Gasteiger partial charge in [0.25, 0.3) is 0 Å². The van der Waals surface area contributed by atoms with Crippen LogP contribution in [0.4, 0.5) is 0 Å². The smallest absolute Gasteiger partial charge is 0.225 e. The van der Waals surface area contributed by atoms with Crippen LogP contribution >= 0.6 is 0 Å². The molecule has 1 aliphatic heterocycles. The summed E-state index contributed by atoms with van der Waals surface area (Å²) in [7, 11) is 0. The summed E-state index contributed by atoms with van der Waals surface area (Å²) in [6.45, 7) is 10.1. The zero-order valence-corrected chi connectivity index (χ0v) is 13.2. The Morgan fingerprint density at radius 1 is 1.25 bits per heavy atom. The molecule has 2 rings (SSSR count). The molecule has 114 valence electrons. The molecule has 0 spiro atoms. The van der Waals surface area contributed by atoms with E-state index >= 15 is 0 Å².